The molecule has 3 amide bonds. The number of hydrogen-bond donors (Lipinski definition) is 1. The van der Waals surface area contributed by atoms with Crippen LogP contribution in [0.5, 0.6) is 0 Å². The summed E-state index contributed by atoms with van der Waals surface area (Å²) in [6.07, 6.45) is -0.128. The lowest BCUT2D eigenvalue weighted by atomic mass is 10.2. The molecule has 1 saturated heterocycles. The molecule has 0 bridgehead atoms. The number of hydrogen-bond acceptors (Lipinski definition) is 3. The van der Waals surface area contributed by atoms with Gasteiger partial charge in [-0.25, -0.2) is 9.69 Å². The van der Waals surface area contributed by atoms with Gasteiger partial charge in [0.2, 0.25) is 5.91 Å². The number of rotatable bonds is 2. The minimum atomic E-state index is -0.443. The maximum atomic E-state index is 12.0. The smallest absolute Gasteiger partial charge is 0.328 e. The third kappa shape index (κ3) is 2.63. The number of urea groups is 1. The Morgan fingerprint density at radius 1 is 1.33 bits per heavy atom. The van der Waals surface area contributed by atoms with Crippen molar-refractivity contribution in [3.63, 3.8) is 0 Å². The van der Waals surface area contributed by atoms with Crippen molar-refractivity contribution in [2.24, 2.45) is 0 Å². The van der Waals surface area contributed by atoms with Crippen molar-refractivity contribution < 1.29 is 14.3 Å². The normalized spacial score (nSPS) is 20.6. The number of halogens is 1. The monoisotopic (exact) mass is 268 g/mol. The van der Waals surface area contributed by atoms with E-state index < -0.39 is 6.03 Å². The predicted molar refractivity (Wildman–Crippen MR) is 67.8 cm³/mol. The zero-order valence-electron chi connectivity index (χ0n) is 9.85. The van der Waals surface area contributed by atoms with E-state index in [9.17, 15) is 9.59 Å². The fourth-order valence-electron chi connectivity index (χ4n) is 1.77. The number of nitrogens with zero attached hydrogens (tertiary/aromatic N) is 1. The molecule has 0 spiro atoms. The van der Waals surface area contributed by atoms with E-state index >= 15 is 0 Å². The summed E-state index contributed by atoms with van der Waals surface area (Å²) in [5.74, 6) is -0.292. The molecule has 1 aromatic rings. The summed E-state index contributed by atoms with van der Waals surface area (Å²) in [7, 11) is 1.52. The zero-order valence-corrected chi connectivity index (χ0v) is 10.6. The molecule has 1 unspecified atom stereocenters. The van der Waals surface area contributed by atoms with Crippen LogP contribution in [-0.4, -0.2) is 31.7 Å². The van der Waals surface area contributed by atoms with Crippen molar-refractivity contribution in [2.45, 2.75) is 12.5 Å². The van der Waals surface area contributed by atoms with Crippen LogP contribution in [0, 0.1) is 0 Å². The minimum Gasteiger partial charge on any atom is -0.379 e. The molecule has 1 fully saturated rings. The molecule has 96 valence electrons. The molecule has 1 aliphatic rings. The van der Waals surface area contributed by atoms with Gasteiger partial charge in [0.15, 0.2) is 0 Å². The molecule has 1 heterocycles. The van der Waals surface area contributed by atoms with Gasteiger partial charge >= 0.3 is 6.03 Å². The fourth-order valence-corrected chi connectivity index (χ4v) is 1.90. The SMILES string of the molecule is COC1CNC(=O)N(c2ccc(Cl)cc2)C(=O)C1. The van der Waals surface area contributed by atoms with Crippen molar-refractivity contribution in [3.05, 3.63) is 29.3 Å². The van der Waals surface area contributed by atoms with E-state index in [0.29, 0.717) is 17.3 Å². The van der Waals surface area contributed by atoms with Crippen LogP contribution in [-0.2, 0) is 9.53 Å². The van der Waals surface area contributed by atoms with Gasteiger partial charge in [-0.1, -0.05) is 11.6 Å². The Balaban J connectivity index is 2.27. The number of nitrogens with one attached hydrogen (secondary N) is 1. The summed E-state index contributed by atoms with van der Waals surface area (Å²) in [5.41, 5.74) is 0.499. The molecular weight excluding hydrogens is 256 g/mol. The van der Waals surface area contributed by atoms with Crippen molar-refractivity contribution in [3.8, 4) is 0 Å². The van der Waals surface area contributed by atoms with Gasteiger partial charge in [-0.2, -0.15) is 0 Å². The first-order valence-corrected chi connectivity index (χ1v) is 5.88. The molecule has 0 saturated carbocycles. The van der Waals surface area contributed by atoms with Crippen molar-refractivity contribution >= 4 is 29.2 Å². The van der Waals surface area contributed by atoms with Crippen LogP contribution >= 0.6 is 11.6 Å². The quantitative estimate of drug-likeness (QED) is 0.890. The maximum Gasteiger partial charge on any atom is 0.328 e. The van der Waals surface area contributed by atoms with Gasteiger partial charge in [0.25, 0.3) is 0 Å². The van der Waals surface area contributed by atoms with Gasteiger partial charge in [0, 0.05) is 18.7 Å². The van der Waals surface area contributed by atoms with Gasteiger partial charge in [-0.05, 0) is 24.3 Å². The summed E-state index contributed by atoms with van der Waals surface area (Å²) < 4.78 is 5.11. The molecule has 0 aliphatic carbocycles. The molecule has 1 aromatic carbocycles. The van der Waals surface area contributed by atoms with Crippen LogP contribution in [0.25, 0.3) is 0 Å². The summed E-state index contributed by atoms with van der Waals surface area (Å²) in [6.45, 7) is 0.325. The lowest BCUT2D eigenvalue weighted by molar-refractivity contribution is -0.119. The van der Waals surface area contributed by atoms with Crippen LogP contribution < -0.4 is 10.2 Å². The summed E-state index contributed by atoms with van der Waals surface area (Å²) in [4.78, 5) is 25.0. The molecule has 6 heteroatoms. The summed E-state index contributed by atoms with van der Waals surface area (Å²) in [5, 5.41) is 3.20. The Morgan fingerprint density at radius 2 is 2.00 bits per heavy atom. The number of ether oxygens (including phenoxy) is 1. The second kappa shape index (κ2) is 5.37. The molecule has 0 radical (unpaired) electrons. The molecule has 5 nitrogen and oxygen atoms in total. The molecule has 18 heavy (non-hydrogen) atoms. The Morgan fingerprint density at radius 3 is 2.61 bits per heavy atom. The number of benzene rings is 1. The zero-order chi connectivity index (χ0) is 13.1. The first-order chi connectivity index (χ1) is 8.61. The van der Waals surface area contributed by atoms with Gasteiger partial charge < -0.3 is 10.1 Å². The van der Waals surface area contributed by atoms with E-state index in [1.54, 1.807) is 24.3 Å². The number of carbonyl (C=O) groups is 2. The molecule has 1 N–H and O–H groups in total. The number of methoxy groups -OCH3 is 1. The minimum absolute atomic E-state index is 0.165. The van der Waals surface area contributed by atoms with E-state index in [2.05, 4.69) is 5.32 Å². The first-order valence-electron chi connectivity index (χ1n) is 5.51. The fraction of sp³-hybridized carbons (Fsp3) is 0.333. The van der Waals surface area contributed by atoms with Crippen molar-refractivity contribution in [1.82, 2.24) is 5.32 Å². The average Bonchev–Trinajstić information content (AvgIpc) is 2.50. The molecule has 1 aliphatic heterocycles. The van der Waals surface area contributed by atoms with Crippen LogP contribution in [0.3, 0.4) is 0 Å². The highest BCUT2D eigenvalue weighted by Crippen LogP contribution is 2.20. The Hall–Kier alpha value is -1.59. The maximum absolute atomic E-state index is 12.0. The highest BCUT2D eigenvalue weighted by molar-refractivity contribution is 6.30. The standard InChI is InChI=1S/C12H13ClN2O3/c1-18-10-6-11(16)15(12(17)14-7-10)9-4-2-8(13)3-5-9/h2-5,10H,6-7H2,1H3,(H,14,17). The van der Waals surface area contributed by atoms with E-state index in [1.807, 2.05) is 0 Å². The van der Waals surface area contributed by atoms with Crippen LogP contribution in [0.1, 0.15) is 6.42 Å². The number of carbonyl (C=O) groups excluding carboxylic acids is 2. The van der Waals surface area contributed by atoms with E-state index in [0.717, 1.165) is 4.90 Å². The van der Waals surface area contributed by atoms with E-state index in [-0.39, 0.29) is 18.4 Å². The second-order valence-corrected chi connectivity index (χ2v) is 4.39. The van der Waals surface area contributed by atoms with Gasteiger partial charge in [-0.15, -0.1) is 0 Å². The number of anilines is 1. The second-order valence-electron chi connectivity index (χ2n) is 3.95. The molecule has 0 aromatic heterocycles. The largest absolute Gasteiger partial charge is 0.379 e. The van der Waals surface area contributed by atoms with Gasteiger partial charge in [0.05, 0.1) is 18.2 Å². The lowest BCUT2D eigenvalue weighted by Gasteiger charge is -2.18. The molecule has 2 rings (SSSR count). The predicted octanol–water partition coefficient (Wildman–Crippen LogP) is 1.80. The summed E-state index contributed by atoms with van der Waals surface area (Å²) in [6, 6.07) is 6.09. The molecule has 1 atom stereocenters. The topological polar surface area (TPSA) is 58.6 Å². The van der Waals surface area contributed by atoms with E-state index in [4.69, 9.17) is 16.3 Å². The molecular formula is C12H13ClN2O3. The Bertz CT molecular complexity index is 461. The van der Waals surface area contributed by atoms with Gasteiger partial charge in [0.1, 0.15) is 0 Å². The van der Waals surface area contributed by atoms with Crippen molar-refractivity contribution in [2.75, 3.05) is 18.6 Å². The Kier molecular flexibility index (Phi) is 3.84. The number of imide groups is 1. The van der Waals surface area contributed by atoms with Gasteiger partial charge in [-0.3, -0.25) is 4.79 Å². The van der Waals surface area contributed by atoms with Crippen LogP contribution in [0.4, 0.5) is 10.5 Å². The summed E-state index contributed by atoms with van der Waals surface area (Å²) >= 11 is 5.78. The van der Waals surface area contributed by atoms with Crippen molar-refractivity contribution in [1.29, 1.82) is 0 Å². The first kappa shape index (κ1) is 12.9. The highest BCUT2D eigenvalue weighted by atomic mass is 35.5. The lowest BCUT2D eigenvalue weighted by Crippen LogP contribution is -2.41. The van der Waals surface area contributed by atoms with Crippen LogP contribution in [0.15, 0.2) is 24.3 Å². The Labute approximate surface area is 110 Å². The number of amides is 3. The van der Waals surface area contributed by atoms with E-state index in [1.165, 1.54) is 7.11 Å². The average molecular weight is 269 g/mol. The van der Waals surface area contributed by atoms with Crippen LogP contribution in [0.2, 0.25) is 5.02 Å². The third-order valence-electron chi connectivity index (χ3n) is 2.75. The highest BCUT2D eigenvalue weighted by Gasteiger charge is 2.30. The third-order valence-corrected chi connectivity index (χ3v) is 3.01.